The van der Waals surface area contributed by atoms with Gasteiger partial charge in [0.2, 0.25) is 0 Å². The van der Waals surface area contributed by atoms with Crippen LogP contribution in [0.5, 0.6) is 5.75 Å². The van der Waals surface area contributed by atoms with Crippen LogP contribution in [-0.4, -0.2) is 14.9 Å². The first-order chi connectivity index (χ1) is 7.31. The van der Waals surface area contributed by atoms with E-state index in [0.717, 1.165) is 5.56 Å². The van der Waals surface area contributed by atoms with Gasteiger partial charge in [-0.15, -0.1) is 0 Å². The van der Waals surface area contributed by atoms with E-state index in [1.54, 1.807) is 35.3 Å². The lowest BCUT2D eigenvalue weighted by Gasteiger charge is -2.02. The van der Waals surface area contributed by atoms with Crippen LogP contribution in [0.2, 0.25) is 0 Å². The SMILES string of the molecule is N#CCc1cnn(-c2ccccc2O)c1. The maximum Gasteiger partial charge on any atom is 0.141 e. The van der Waals surface area contributed by atoms with Crippen LogP contribution in [-0.2, 0) is 6.42 Å². The fraction of sp³-hybridized carbons (Fsp3) is 0.0909. The minimum Gasteiger partial charge on any atom is -0.506 e. The zero-order valence-electron chi connectivity index (χ0n) is 7.96. The lowest BCUT2D eigenvalue weighted by atomic mass is 10.3. The monoisotopic (exact) mass is 199 g/mol. The third-order valence-corrected chi connectivity index (χ3v) is 2.05. The molecule has 0 spiro atoms. The van der Waals surface area contributed by atoms with Crippen molar-refractivity contribution >= 4 is 0 Å². The second kappa shape index (κ2) is 3.84. The van der Waals surface area contributed by atoms with E-state index in [9.17, 15) is 5.11 Å². The molecule has 0 aliphatic heterocycles. The van der Waals surface area contributed by atoms with Gasteiger partial charge in [0.1, 0.15) is 11.4 Å². The lowest BCUT2D eigenvalue weighted by molar-refractivity contribution is 0.470. The third kappa shape index (κ3) is 1.81. The summed E-state index contributed by atoms with van der Waals surface area (Å²) in [5.74, 6) is 0.170. The summed E-state index contributed by atoms with van der Waals surface area (Å²) in [6.07, 6.45) is 3.68. The first-order valence-corrected chi connectivity index (χ1v) is 4.50. The van der Waals surface area contributed by atoms with Crippen LogP contribution in [0, 0.1) is 11.3 Å². The van der Waals surface area contributed by atoms with Gasteiger partial charge in [-0.3, -0.25) is 0 Å². The van der Waals surface area contributed by atoms with Gasteiger partial charge in [-0.05, 0) is 12.1 Å². The normalized spacial score (nSPS) is 9.80. The second-order valence-electron chi connectivity index (χ2n) is 3.12. The van der Waals surface area contributed by atoms with E-state index in [2.05, 4.69) is 5.10 Å². The number of rotatable bonds is 2. The number of nitriles is 1. The van der Waals surface area contributed by atoms with Crippen molar-refractivity contribution in [3.63, 3.8) is 0 Å². The molecule has 0 fully saturated rings. The maximum atomic E-state index is 9.58. The Labute approximate surface area is 87.0 Å². The molecule has 2 rings (SSSR count). The van der Waals surface area contributed by atoms with Gasteiger partial charge in [-0.25, -0.2) is 4.68 Å². The van der Waals surface area contributed by atoms with E-state index in [0.29, 0.717) is 12.1 Å². The van der Waals surface area contributed by atoms with E-state index < -0.39 is 0 Å². The Kier molecular flexibility index (Phi) is 2.38. The molecule has 4 nitrogen and oxygen atoms in total. The highest BCUT2D eigenvalue weighted by atomic mass is 16.3. The minimum absolute atomic E-state index is 0.170. The van der Waals surface area contributed by atoms with Crippen LogP contribution in [0.4, 0.5) is 0 Å². The Morgan fingerprint density at radius 3 is 2.93 bits per heavy atom. The van der Waals surface area contributed by atoms with Gasteiger partial charge in [0, 0.05) is 11.8 Å². The molecular formula is C11H9N3O. The first kappa shape index (κ1) is 9.28. The number of phenolic OH excluding ortho intramolecular Hbond substituents is 1. The first-order valence-electron chi connectivity index (χ1n) is 4.50. The Hall–Kier alpha value is -2.28. The smallest absolute Gasteiger partial charge is 0.141 e. The van der Waals surface area contributed by atoms with E-state index in [4.69, 9.17) is 5.26 Å². The van der Waals surface area contributed by atoms with Crippen molar-refractivity contribution in [3.8, 4) is 17.5 Å². The van der Waals surface area contributed by atoms with Gasteiger partial charge in [0.15, 0.2) is 0 Å². The van der Waals surface area contributed by atoms with Crippen molar-refractivity contribution < 1.29 is 5.11 Å². The highest BCUT2D eigenvalue weighted by Crippen LogP contribution is 2.19. The zero-order valence-corrected chi connectivity index (χ0v) is 7.96. The fourth-order valence-corrected chi connectivity index (χ4v) is 1.33. The van der Waals surface area contributed by atoms with Gasteiger partial charge >= 0.3 is 0 Å². The van der Waals surface area contributed by atoms with Crippen LogP contribution in [0.25, 0.3) is 5.69 Å². The standard InChI is InChI=1S/C11H9N3O/c12-6-5-9-7-13-14(8-9)10-3-1-2-4-11(10)15/h1-4,7-8,15H,5H2. The number of nitrogens with zero attached hydrogens (tertiary/aromatic N) is 3. The summed E-state index contributed by atoms with van der Waals surface area (Å²) in [5, 5.41) is 22.2. The van der Waals surface area contributed by atoms with Gasteiger partial charge in [-0.1, -0.05) is 12.1 Å². The van der Waals surface area contributed by atoms with Crippen LogP contribution < -0.4 is 0 Å². The Morgan fingerprint density at radius 1 is 1.40 bits per heavy atom. The zero-order chi connectivity index (χ0) is 10.7. The number of para-hydroxylation sites is 2. The van der Waals surface area contributed by atoms with Crippen molar-refractivity contribution in [1.82, 2.24) is 9.78 Å². The molecule has 0 atom stereocenters. The summed E-state index contributed by atoms with van der Waals surface area (Å²) in [4.78, 5) is 0. The van der Waals surface area contributed by atoms with E-state index in [1.165, 1.54) is 0 Å². The van der Waals surface area contributed by atoms with Crippen LogP contribution in [0.15, 0.2) is 36.7 Å². The number of hydrogen-bond acceptors (Lipinski definition) is 3. The number of benzene rings is 1. The molecule has 2 aromatic rings. The summed E-state index contributed by atoms with van der Waals surface area (Å²) in [5.41, 5.74) is 1.45. The van der Waals surface area contributed by atoms with Crippen molar-refractivity contribution in [2.75, 3.05) is 0 Å². The largest absolute Gasteiger partial charge is 0.506 e. The molecule has 0 bridgehead atoms. The Morgan fingerprint density at radius 2 is 2.20 bits per heavy atom. The van der Waals surface area contributed by atoms with Crippen molar-refractivity contribution in [2.24, 2.45) is 0 Å². The molecule has 0 aliphatic carbocycles. The predicted molar refractivity (Wildman–Crippen MR) is 54.5 cm³/mol. The van der Waals surface area contributed by atoms with Crippen molar-refractivity contribution in [2.45, 2.75) is 6.42 Å². The van der Waals surface area contributed by atoms with Crippen LogP contribution in [0.3, 0.4) is 0 Å². The summed E-state index contributed by atoms with van der Waals surface area (Å²) < 4.78 is 1.56. The molecule has 4 heteroatoms. The average Bonchev–Trinajstić information content (AvgIpc) is 2.68. The molecule has 0 aliphatic rings. The quantitative estimate of drug-likeness (QED) is 0.799. The van der Waals surface area contributed by atoms with Gasteiger partial charge in [0.05, 0.1) is 18.7 Å². The molecule has 0 amide bonds. The molecule has 1 aromatic heterocycles. The molecule has 74 valence electrons. The summed E-state index contributed by atoms with van der Waals surface area (Å²) in [6, 6.07) is 8.98. The molecule has 0 saturated heterocycles. The van der Waals surface area contributed by atoms with Crippen molar-refractivity contribution in [3.05, 3.63) is 42.2 Å². The highest BCUT2D eigenvalue weighted by Gasteiger charge is 2.04. The molecule has 0 radical (unpaired) electrons. The summed E-state index contributed by atoms with van der Waals surface area (Å²) in [6.45, 7) is 0. The topological polar surface area (TPSA) is 61.8 Å². The number of aromatic nitrogens is 2. The molecule has 1 aromatic carbocycles. The molecule has 15 heavy (non-hydrogen) atoms. The third-order valence-electron chi connectivity index (χ3n) is 2.05. The molecular weight excluding hydrogens is 190 g/mol. The molecule has 1 heterocycles. The Balaban J connectivity index is 2.38. The van der Waals surface area contributed by atoms with E-state index >= 15 is 0 Å². The minimum atomic E-state index is 0.170. The van der Waals surface area contributed by atoms with Crippen LogP contribution in [0.1, 0.15) is 5.56 Å². The molecule has 0 saturated carbocycles. The summed E-state index contributed by atoms with van der Waals surface area (Å²) >= 11 is 0. The van der Waals surface area contributed by atoms with E-state index in [-0.39, 0.29) is 5.75 Å². The second-order valence-corrected chi connectivity index (χ2v) is 3.12. The van der Waals surface area contributed by atoms with E-state index in [1.807, 2.05) is 12.1 Å². The number of hydrogen-bond donors (Lipinski definition) is 1. The fourth-order valence-electron chi connectivity index (χ4n) is 1.33. The van der Waals surface area contributed by atoms with Gasteiger partial charge < -0.3 is 5.11 Å². The van der Waals surface area contributed by atoms with Gasteiger partial charge in [-0.2, -0.15) is 10.4 Å². The highest BCUT2D eigenvalue weighted by molar-refractivity contribution is 5.44. The van der Waals surface area contributed by atoms with Crippen molar-refractivity contribution in [1.29, 1.82) is 5.26 Å². The number of aromatic hydroxyl groups is 1. The lowest BCUT2D eigenvalue weighted by Crippen LogP contribution is -1.93. The van der Waals surface area contributed by atoms with Gasteiger partial charge in [0.25, 0.3) is 0 Å². The average molecular weight is 199 g/mol. The molecule has 0 unspecified atom stereocenters. The summed E-state index contributed by atoms with van der Waals surface area (Å²) in [7, 11) is 0. The maximum absolute atomic E-state index is 9.58. The predicted octanol–water partition coefficient (Wildman–Crippen LogP) is 1.64. The molecule has 1 N–H and O–H groups in total. The number of phenols is 1. The van der Waals surface area contributed by atoms with Crippen LogP contribution >= 0.6 is 0 Å². The Bertz CT molecular complexity index is 511.